The molecule has 1 aromatic rings. The van der Waals surface area contributed by atoms with Crippen molar-refractivity contribution in [3.63, 3.8) is 0 Å². The fourth-order valence-electron chi connectivity index (χ4n) is 0.739. The Labute approximate surface area is 75.2 Å². The summed E-state index contributed by atoms with van der Waals surface area (Å²) in [6.07, 6.45) is 3.40. The van der Waals surface area contributed by atoms with Gasteiger partial charge in [0.05, 0.1) is 5.25 Å². The average molecular weight is 185 g/mol. The van der Waals surface area contributed by atoms with Gasteiger partial charge >= 0.3 is 0 Å². The number of thioether (sulfide) groups is 1. The van der Waals surface area contributed by atoms with Crippen LogP contribution in [0, 0.1) is 0 Å². The molecule has 0 aliphatic heterocycles. The zero-order chi connectivity index (χ0) is 8.97. The van der Waals surface area contributed by atoms with Crippen molar-refractivity contribution in [3.8, 4) is 0 Å². The molecule has 1 rings (SSSR count). The number of hydrogen-bond acceptors (Lipinski definition) is 3. The van der Waals surface area contributed by atoms with Gasteiger partial charge in [0.2, 0.25) is 5.91 Å². The fraction of sp³-hybridized carbons (Fsp3) is 0.429. The maximum absolute atomic E-state index is 11.1. The van der Waals surface area contributed by atoms with Crippen LogP contribution in [0.1, 0.15) is 6.92 Å². The van der Waals surface area contributed by atoms with E-state index in [1.165, 1.54) is 11.8 Å². The first kappa shape index (κ1) is 9.12. The van der Waals surface area contributed by atoms with E-state index in [-0.39, 0.29) is 11.2 Å². The van der Waals surface area contributed by atoms with E-state index in [0.29, 0.717) is 0 Å². The number of carbonyl (C=O) groups is 1. The van der Waals surface area contributed by atoms with E-state index in [0.717, 1.165) is 5.16 Å². The van der Waals surface area contributed by atoms with Gasteiger partial charge in [-0.2, -0.15) is 0 Å². The molecule has 1 amide bonds. The summed E-state index contributed by atoms with van der Waals surface area (Å²) < 4.78 is 0. The summed E-state index contributed by atoms with van der Waals surface area (Å²) >= 11 is 1.40. The van der Waals surface area contributed by atoms with Gasteiger partial charge in [0.25, 0.3) is 0 Å². The SMILES string of the molecule is CNC(=O)C(C)Sc1ncc[nH]1. The number of aromatic nitrogens is 2. The van der Waals surface area contributed by atoms with Gasteiger partial charge in [-0.1, -0.05) is 11.8 Å². The van der Waals surface area contributed by atoms with Crippen molar-refractivity contribution in [2.45, 2.75) is 17.3 Å². The largest absolute Gasteiger partial charge is 0.358 e. The Morgan fingerprint density at radius 3 is 3.08 bits per heavy atom. The van der Waals surface area contributed by atoms with E-state index in [1.54, 1.807) is 19.4 Å². The van der Waals surface area contributed by atoms with Crippen LogP contribution in [0.5, 0.6) is 0 Å². The standard InChI is InChI=1S/C7H11N3OS/c1-5(6(11)8-2)12-7-9-3-4-10-7/h3-5H,1-2H3,(H,8,11)(H,9,10). The number of aromatic amines is 1. The molecular formula is C7H11N3OS. The van der Waals surface area contributed by atoms with Gasteiger partial charge in [-0.25, -0.2) is 4.98 Å². The smallest absolute Gasteiger partial charge is 0.233 e. The van der Waals surface area contributed by atoms with Gasteiger partial charge < -0.3 is 10.3 Å². The van der Waals surface area contributed by atoms with Gasteiger partial charge in [-0.3, -0.25) is 4.79 Å². The lowest BCUT2D eigenvalue weighted by atomic mass is 10.4. The Morgan fingerprint density at radius 1 is 1.83 bits per heavy atom. The molecule has 0 aliphatic rings. The zero-order valence-corrected chi connectivity index (χ0v) is 7.81. The van der Waals surface area contributed by atoms with Crippen molar-refractivity contribution in [2.75, 3.05) is 7.05 Å². The number of hydrogen-bond donors (Lipinski definition) is 2. The Kier molecular flexibility index (Phi) is 3.16. The number of H-pyrrole nitrogens is 1. The Balaban J connectivity index is 2.47. The normalized spacial score (nSPS) is 12.5. The van der Waals surface area contributed by atoms with Crippen molar-refractivity contribution in [1.82, 2.24) is 15.3 Å². The molecule has 0 saturated carbocycles. The van der Waals surface area contributed by atoms with Crippen molar-refractivity contribution in [1.29, 1.82) is 0 Å². The van der Waals surface area contributed by atoms with E-state index in [2.05, 4.69) is 15.3 Å². The summed E-state index contributed by atoms with van der Waals surface area (Å²) in [6.45, 7) is 1.84. The zero-order valence-electron chi connectivity index (χ0n) is 7.00. The molecule has 0 aromatic carbocycles. The lowest BCUT2D eigenvalue weighted by Gasteiger charge is -2.06. The van der Waals surface area contributed by atoms with E-state index in [4.69, 9.17) is 0 Å². The Bertz CT molecular complexity index is 247. The maximum atomic E-state index is 11.1. The number of nitrogens with one attached hydrogen (secondary N) is 2. The van der Waals surface area contributed by atoms with Crippen LogP contribution in [0.3, 0.4) is 0 Å². The van der Waals surface area contributed by atoms with E-state index < -0.39 is 0 Å². The predicted octanol–water partition coefficient (Wildman–Crippen LogP) is 0.636. The second-order valence-electron chi connectivity index (χ2n) is 2.27. The minimum atomic E-state index is -0.110. The molecule has 0 saturated heterocycles. The van der Waals surface area contributed by atoms with Crippen LogP contribution in [-0.4, -0.2) is 28.2 Å². The average Bonchev–Trinajstić information content (AvgIpc) is 2.55. The molecule has 1 unspecified atom stereocenters. The highest BCUT2D eigenvalue weighted by Gasteiger charge is 2.12. The highest BCUT2D eigenvalue weighted by Crippen LogP contribution is 2.18. The van der Waals surface area contributed by atoms with Crippen LogP contribution in [0.15, 0.2) is 17.6 Å². The Morgan fingerprint density at radius 2 is 2.58 bits per heavy atom. The summed E-state index contributed by atoms with van der Waals surface area (Å²) in [5.41, 5.74) is 0. The van der Waals surface area contributed by atoms with Crippen LogP contribution < -0.4 is 5.32 Å². The third-order valence-electron chi connectivity index (χ3n) is 1.38. The molecule has 66 valence electrons. The summed E-state index contributed by atoms with van der Waals surface area (Å²) in [6, 6.07) is 0. The van der Waals surface area contributed by atoms with Crippen molar-refractivity contribution < 1.29 is 4.79 Å². The van der Waals surface area contributed by atoms with Gasteiger partial charge in [-0.05, 0) is 6.92 Å². The molecule has 0 spiro atoms. The number of rotatable bonds is 3. The fourth-order valence-corrected chi connectivity index (χ4v) is 1.56. The Hall–Kier alpha value is -0.970. The first-order chi connectivity index (χ1) is 5.74. The van der Waals surface area contributed by atoms with Crippen LogP contribution in [0.4, 0.5) is 0 Å². The van der Waals surface area contributed by atoms with Crippen molar-refractivity contribution >= 4 is 17.7 Å². The van der Waals surface area contributed by atoms with Crippen LogP contribution >= 0.6 is 11.8 Å². The predicted molar refractivity (Wildman–Crippen MR) is 48.0 cm³/mol. The molecular weight excluding hydrogens is 174 g/mol. The van der Waals surface area contributed by atoms with Crippen LogP contribution in [-0.2, 0) is 4.79 Å². The quantitative estimate of drug-likeness (QED) is 0.679. The van der Waals surface area contributed by atoms with E-state index in [9.17, 15) is 4.79 Å². The van der Waals surface area contributed by atoms with Crippen LogP contribution in [0.25, 0.3) is 0 Å². The lowest BCUT2D eigenvalue weighted by molar-refractivity contribution is -0.119. The van der Waals surface area contributed by atoms with E-state index in [1.807, 2.05) is 6.92 Å². The topological polar surface area (TPSA) is 57.8 Å². The minimum Gasteiger partial charge on any atom is -0.358 e. The number of amides is 1. The first-order valence-corrected chi connectivity index (χ1v) is 4.49. The van der Waals surface area contributed by atoms with Crippen molar-refractivity contribution in [2.24, 2.45) is 0 Å². The molecule has 5 heteroatoms. The molecule has 2 N–H and O–H groups in total. The number of nitrogens with zero attached hydrogens (tertiary/aromatic N) is 1. The summed E-state index contributed by atoms with van der Waals surface area (Å²) in [4.78, 5) is 18.0. The van der Waals surface area contributed by atoms with Crippen molar-refractivity contribution in [3.05, 3.63) is 12.4 Å². The molecule has 1 heterocycles. The van der Waals surface area contributed by atoms with Crippen LogP contribution in [0.2, 0.25) is 0 Å². The molecule has 0 fully saturated rings. The molecule has 0 aliphatic carbocycles. The maximum Gasteiger partial charge on any atom is 0.233 e. The lowest BCUT2D eigenvalue weighted by Crippen LogP contribution is -2.27. The summed E-state index contributed by atoms with van der Waals surface area (Å²) in [7, 11) is 1.63. The van der Waals surface area contributed by atoms with Gasteiger partial charge in [0, 0.05) is 19.4 Å². The summed E-state index contributed by atoms with van der Waals surface area (Å²) in [5, 5.41) is 3.24. The van der Waals surface area contributed by atoms with Gasteiger partial charge in [0.15, 0.2) is 5.16 Å². The molecule has 1 atom stereocenters. The third-order valence-corrected chi connectivity index (χ3v) is 2.39. The number of imidazole rings is 1. The van der Waals surface area contributed by atoms with Gasteiger partial charge in [0.1, 0.15) is 0 Å². The molecule has 0 radical (unpaired) electrons. The minimum absolute atomic E-state index is 0.0106. The molecule has 12 heavy (non-hydrogen) atoms. The molecule has 0 bridgehead atoms. The van der Waals surface area contributed by atoms with E-state index >= 15 is 0 Å². The van der Waals surface area contributed by atoms with Gasteiger partial charge in [-0.15, -0.1) is 0 Å². The second-order valence-corrected chi connectivity index (χ2v) is 3.60. The summed E-state index contributed by atoms with van der Waals surface area (Å²) in [5.74, 6) is 0.0106. The third kappa shape index (κ3) is 2.27. The molecule has 4 nitrogen and oxygen atoms in total. The molecule has 1 aromatic heterocycles. The number of carbonyl (C=O) groups excluding carboxylic acids is 1. The first-order valence-electron chi connectivity index (χ1n) is 3.61. The highest BCUT2D eigenvalue weighted by atomic mass is 32.2. The highest BCUT2D eigenvalue weighted by molar-refractivity contribution is 8.00. The second kappa shape index (κ2) is 4.15. The monoisotopic (exact) mass is 185 g/mol.